The highest BCUT2D eigenvalue weighted by Gasteiger charge is 2.29. The number of rotatable bonds is 6. The van der Waals surface area contributed by atoms with Gasteiger partial charge in [0.2, 0.25) is 5.88 Å². The summed E-state index contributed by atoms with van der Waals surface area (Å²) in [7, 11) is 1.65. The molecule has 3 rings (SSSR count). The molecule has 3 aromatic rings. The molecule has 0 bridgehead atoms. The number of hydrogen-bond acceptors (Lipinski definition) is 4. The molecule has 2 heterocycles. The molecule has 0 aliphatic heterocycles. The van der Waals surface area contributed by atoms with Crippen LogP contribution >= 0.6 is 11.6 Å². The van der Waals surface area contributed by atoms with Crippen LogP contribution in [0.1, 0.15) is 16.1 Å². The van der Waals surface area contributed by atoms with Crippen LogP contribution in [0.2, 0.25) is 5.02 Å². The highest BCUT2D eigenvalue weighted by molar-refractivity contribution is 6.30. The second kappa shape index (κ2) is 8.02. The van der Waals surface area contributed by atoms with Crippen LogP contribution in [0.5, 0.6) is 5.88 Å². The zero-order chi connectivity index (χ0) is 20.3. The van der Waals surface area contributed by atoms with Crippen molar-refractivity contribution < 1.29 is 22.7 Å². The fourth-order valence-corrected chi connectivity index (χ4v) is 2.74. The predicted octanol–water partition coefficient (Wildman–Crippen LogP) is 4.50. The van der Waals surface area contributed by atoms with Gasteiger partial charge in [0.05, 0.1) is 0 Å². The Morgan fingerprint density at radius 3 is 2.54 bits per heavy atom. The lowest BCUT2D eigenvalue weighted by molar-refractivity contribution is -0.154. The van der Waals surface area contributed by atoms with Crippen molar-refractivity contribution in [3.8, 4) is 17.0 Å². The molecule has 0 amide bonds. The first-order valence-corrected chi connectivity index (χ1v) is 8.56. The molecule has 5 nitrogen and oxygen atoms in total. The highest BCUT2D eigenvalue weighted by Crippen LogP contribution is 2.31. The molecule has 0 fully saturated rings. The Kier molecular flexibility index (Phi) is 5.69. The number of halogens is 4. The Morgan fingerprint density at radius 1 is 1.21 bits per heavy atom. The van der Waals surface area contributed by atoms with E-state index in [1.807, 2.05) is 0 Å². The van der Waals surface area contributed by atoms with Gasteiger partial charge in [0.15, 0.2) is 12.4 Å². The van der Waals surface area contributed by atoms with E-state index in [9.17, 15) is 18.0 Å². The van der Waals surface area contributed by atoms with E-state index in [-0.39, 0.29) is 18.1 Å². The minimum Gasteiger partial charge on any atom is -0.468 e. The van der Waals surface area contributed by atoms with Crippen LogP contribution in [0.15, 0.2) is 48.8 Å². The van der Waals surface area contributed by atoms with Crippen molar-refractivity contribution in [3.63, 3.8) is 0 Å². The number of benzene rings is 1. The lowest BCUT2D eigenvalue weighted by Crippen LogP contribution is -2.20. The molecule has 0 unspecified atom stereocenters. The van der Waals surface area contributed by atoms with Crippen molar-refractivity contribution in [2.75, 3.05) is 6.61 Å². The first-order chi connectivity index (χ1) is 13.2. The lowest BCUT2D eigenvalue weighted by Gasteiger charge is -2.14. The van der Waals surface area contributed by atoms with Gasteiger partial charge in [0.25, 0.3) is 0 Å². The van der Waals surface area contributed by atoms with E-state index in [4.69, 9.17) is 16.3 Å². The molecule has 1 aromatic carbocycles. The van der Waals surface area contributed by atoms with E-state index in [1.54, 1.807) is 43.4 Å². The molecule has 0 saturated heterocycles. The monoisotopic (exact) mass is 409 g/mol. The second-order valence-corrected chi connectivity index (χ2v) is 6.48. The number of nitrogens with zero attached hydrogens (tertiary/aromatic N) is 3. The maximum absolute atomic E-state index is 12.6. The summed E-state index contributed by atoms with van der Waals surface area (Å²) in [6.07, 6.45) is -1.63. The van der Waals surface area contributed by atoms with Crippen LogP contribution in [-0.4, -0.2) is 33.3 Å². The van der Waals surface area contributed by atoms with Crippen LogP contribution in [-0.2, 0) is 13.5 Å². The summed E-state index contributed by atoms with van der Waals surface area (Å²) >= 11 is 5.88. The van der Waals surface area contributed by atoms with Gasteiger partial charge in [-0.2, -0.15) is 18.3 Å². The van der Waals surface area contributed by atoms with Gasteiger partial charge in [-0.1, -0.05) is 23.7 Å². The smallest absolute Gasteiger partial charge is 0.422 e. The zero-order valence-corrected chi connectivity index (χ0v) is 15.5. The Hall–Kier alpha value is -2.87. The molecule has 0 aliphatic rings. The number of Topliss-reactive ketones (excluding diaryl/α,β-unsaturated/α-hetero) is 1. The van der Waals surface area contributed by atoms with E-state index >= 15 is 0 Å². The summed E-state index contributed by atoms with van der Waals surface area (Å²) < 4.78 is 44.0. The van der Waals surface area contributed by atoms with Crippen molar-refractivity contribution >= 4 is 17.4 Å². The Morgan fingerprint density at radius 2 is 1.93 bits per heavy atom. The zero-order valence-electron chi connectivity index (χ0n) is 14.7. The molecule has 0 N–H and O–H groups in total. The van der Waals surface area contributed by atoms with Crippen molar-refractivity contribution in [2.45, 2.75) is 12.6 Å². The number of hydrogen-bond donors (Lipinski definition) is 0. The van der Waals surface area contributed by atoms with Gasteiger partial charge in [0, 0.05) is 36.4 Å². The van der Waals surface area contributed by atoms with E-state index in [2.05, 4.69) is 10.1 Å². The minimum atomic E-state index is -4.49. The number of ether oxygens (including phenoxy) is 1. The number of aryl methyl sites for hydroxylation is 1. The van der Waals surface area contributed by atoms with E-state index in [0.717, 1.165) is 0 Å². The van der Waals surface area contributed by atoms with Gasteiger partial charge >= 0.3 is 6.18 Å². The molecule has 0 atom stereocenters. The van der Waals surface area contributed by atoms with Gasteiger partial charge in [0.1, 0.15) is 5.69 Å². The summed E-state index contributed by atoms with van der Waals surface area (Å²) in [5.74, 6) is -0.357. The van der Waals surface area contributed by atoms with Gasteiger partial charge in [-0.25, -0.2) is 4.98 Å². The molecule has 0 aliphatic carbocycles. The fourth-order valence-electron chi connectivity index (χ4n) is 2.62. The predicted molar refractivity (Wildman–Crippen MR) is 97.5 cm³/mol. The molecule has 0 radical (unpaired) electrons. The Balaban J connectivity index is 1.92. The van der Waals surface area contributed by atoms with Crippen molar-refractivity contribution in [2.24, 2.45) is 7.05 Å². The molecule has 146 valence electrons. The molecule has 0 spiro atoms. The molecular weight excluding hydrogens is 395 g/mol. The average Bonchev–Trinajstić information content (AvgIpc) is 3.06. The van der Waals surface area contributed by atoms with E-state index < -0.39 is 12.8 Å². The summed E-state index contributed by atoms with van der Waals surface area (Å²) in [6, 6.07) is 9.70. The third kappa shape index (κ3) is 4.89. The van der Waals surface area contributed by atoms with Crippen molar-refractivity contribution in [1.82, 2.24) is 14.8 Å². The number of carbonyl (C=O) groups excluding carboxylic acids is 1. The number of aromatic nitrogens is 3. The third-order valence-electron chi connectivity index (χ3n) is 3.91. The topological polar surface area (TPSA) is 57.0 Å². The number of pyridine rings is 1. The number of carbonyl (C=O) groups is 1. The SMILES string of the molecule is Cn1nccc1C(=O)Cc1cnc(OCC(F)(F)F)c(-c2ccc(Cl)cc2)c1. The van der Waals surface area contributed by atoms with Crippen LogP contribution in [0.4, 0.5) is 13.2 Å². The first kappa shape index (κ1) is 19.9. The van der Waals surface area contributed by atoms with E-state index in [0.29, 0.717) is 27.4 Å². The molecule has 9 heteroatoms. The molecular formula is C19H15ClF3N3O2. The lowest BCUT2D eigenvalue weighted by atomic mass is 10.0. The number of ketones is 1. The van der Waals surface area contributed by atoms with Crippen molar-refractivity contribution in [1.29, 1.82) is 0 Å². The van der Waals surface area contributed by atoms with Gasteiger partial charge in [-0.3, -0.25) is 9.48 Å². The largest absolute Gasteiger partial charge is 0.468 e. The summed E-state index contributed by atoms with van der Waals surface area (Å²) in [5, 5.41) is 4.44. The first-order valence-electron chi connectivity index (χ1n) is 8.18. The van der Waals surface area contributed by atoms with Gasteiger partial charge in [-0.05, 0) is 35.4 Å². The quantitative estimate of drug-likeness (QED) is 0.562. The van der Waals surface area contributed by atoms with Crippen LogP contribution in [0.25, 0.3) is 11.1 Å². The summed E-state index contributed by atoms with van der Waals surface area (Å²) in [4.78, 5) is 16.5. The van der Waals surface area contributed by atoms with Crippen molar-refractivity contribution in [3.05, 3.63) is 65.1 Å². The Labute approximate surface area is 163 Å². The van der Waals surface area contributed by atoms with Crippen LogP contribution in [0.3, 0.4) is 0 Å². The molecule has 28 heavy (non-hydrogen) atoms. The minimum absolute atomic E-state index is 0.0205. The summed E-state index contributed by atoms with van der Waals surface area (Å²) in [6.45, 7) is -1.46. The van der Waals surface area contributed by atoms with Gasteiger partial charge < -0.3 is 4.74 Å². The summed E-state index contributed by atoms with van der Waals surface area (Å²) in [5.41, 5.74) is 1.88. The Bertz CT molecular complexity index is 985. The van der Waals surface area contributed by atoms with E-state index in [1.165, 1.54) is 17.1 Å². The van der Waals surface area contributed by atoms with Gasteiger partial charge in [-0.15, -0.1) is 0 Å². The van der Waals surface area contributed by atoms with Crippen LogP contribution in [0, 0.1) is 0 Å². The number of alkyl halides is 3. The molecule has 2 aromatic heterocycles. The average molecular weight is 410 g/mol. The molecule has 0 saturated carbocycles. The highest BCUT2D eigenvalue weighted by atomic mass is 35.5. The maximum atomic E-state index is 12.6. The maximum Gasteiger partial charge on any atom is 0.422 e. The third-order valence-corrected chi connectivity index (χ3v) is 4.16. The van der Waals surface area contributed by atoms with Crippen LogP contribution < -0.4 is 4.74 Å². The second-order valence-electron chi connectivity index (χ2n) is 6.05. The normalized spacial score (nSPS) is 11.5. The standard InChI is InChI=1S/C19H15ClF3N3O2/c1-26-16(6-7-25-26)17(27)9-12-8-15(13-2-4-14(20)5-3-13)18(24-10-12)28-11-19(21,22)23/h2-8,10H,9,11H2,1H3. The fraction of sp³-hybridized carbons (Fsp3) is 0.211.